The molecule has 30 heavy (non-hydrogen) atoms. The molecule has 10 heteroatoms. The second-order valence-corrected chi connectivity index (χ2v) is 10.2. The molecule has 0 aromatic carbocycles. The molecule has 2 atom stereocenters. The van der Waals surface area contributed by atoms with Crippen LogP contribution in [0.2, 0.25) is 0 Å². The van der Waals surface area contributed by atoms with Gasteiger partial charge in [0.2, 0.25) is 5.91 Å². The van der Waals surface area contributed by atoms with Gasteiger partial charge < -0.3 is 19.9 Å². The highest BCUT2D eigenvalue weighted by molar-refractivity contribution is 9.10. The van der Waals surface area contributed by atoms with Gasteiger partial charge in [-0.2, -0.15) is 0 Å². The van der Waals surface area contributed by atoms with E-state index in [4.69, 9.17) is 9.72 Å². The minimum atomic E-state index is -0.632. The summed E-state index contributed by atoms with van der Waals surface area (Å²) < 4.78 is 8.25. The van der Waals surface area contributed by atoms with Crippen LogP contribution >= 0.6 is 38.6 Å². The SMILES string of the molecule is COC(=O)N[C@H](C(=O)N1CCCC1c1nc(-c2csc3c(Br)csc23)c[nH]1)C(C)C. The number of carbonyl (C=O) groups is 2. The Morgan fingerprint density at radius 3 is 2.83 bits per heavy atom. The van der Waals surface area contributed by atoms with Crippen molar-refractivity contribution in [2.24, 2.45) is 5.92 Å². The lowest BCUT2D eigenvalue weighted by molar-refractivity contribution is -0.135. The quantitative estimate of drug-likeness (QED) is 0.496. The molecule has 1 fully saturated rings. The summed E-state index contributed by atoms with van der Waals surface area (Å²) in [5.74, 6) is 0.628. The Morgan fingerprint density at radius 1 is 1.33 bits per heavy atom. The van der Waals surface area contributed by atoms with Gasteiger partial charge in [0.15, 0.2) is 0 Å². The molecule has 1 unspecified atom stereocenters. The Morgan fingerprint density at radius 2 is 2.10 bits per heavy atom. The largest absolute Gasteiger partial charge is 0.453 e. The van der Waals surface area contributed by atoms with E-state index < -0.39 is 12.1 Å². The number of thiophene rings is 2. The van der Waals surface area contributed by atoms with Crippen molar-refractivity contribution < 1.29 is 14.3 Å². The van der Waals surface area contributed by atoms with Gasteiger partial charge in [0.1, 0.15) is 11.9 Å². The van der Waals surface area contributed by atoms with Crippen molar-refractivity contribution in [2.75, 3.05) is 13.7 Å². The smallest absolute Gasteiger partial charge is 0.407 e. The fourth-order valence-corrected chi connectivity index (χ4v) is 6.85. The van der Waals surface area contributed by atoms with E-state index in [0.717, 1.165) is 34.4 Å². The van der Waals surface area contributed by atoms with E-state index in [-0.39, 0.29) is 17.9 Å². The number of halogens is 1. The van der Waals surface area contributed by atoms with E-state index in [9.17, 15) is 9.59 Å². The van der Waals surface area contributed by atoms with Crippen LogP contribution in [0.15, 0.2) is 21.4 Å². The number of aromatic amines is 1. The first-order valence-corrected chi connectivity index (χ1v) is 12.3. The van der Waals surface area contributed by atoms with Crippen molar-refractivity contribution in [3.8, 4) is 11.3 Å². The maximum absolute atomic E-state index is 13.2. The Labute approximate surface area is 191 Å². The normalized spacial score (nSPS) is 17.6. The van der Waals surface area contributed by atoms with Gasteiger partial charge in [-0.25, -0.2) is 9.78 Å². The molecule has 0 spiro atoms. The molecule has 3 aromatic heterocycles. The molecular weight excluding hydrogens is 488 g/mol. The highest BCUT2D eigenvalue weighted by Crippen LogP contribution is 2.42. The molecule has 2 amide bonds. The van der Waals surface area contributed by atoms with Crippen LogP contribution in [0.4, 0.5) is 4.79 Å². The molecular formula is C20H23BrN4O3S2. The molecule has 0 bridgehead atoms. The van der Waals surface area contributed by atoms with Gasteiger partial charge in [-0.3, -0.25) is 4.79 Å². The highest BCUT2D eigenvalue weighted by atomic mass is 79.9. The third-order valence-corrected chi connectivity index (χ3v) is 8.71. The lowest BCUT2D eigenvalue weighted by Crippen LogP contribution is -2.51. The predicted molar refractivity (Wildman–Crippen MR) is 123 cm³/mol. The number of H-pyrrole nitrogens is 1. The zero-order valence-corrected chi connectivity index (χ0v) is 20.1. The van der Waals surface area contributed by atoms with Crippen LogP contribution in [0, 0.1) is 5.92 Å². The van der Waals surface area contributed by atoms with Gasteiger partial charge >= 0.3 is 6.09 Å². The number of likely N-dealkylation sites (tertiary alicyclic amines) is 1. The second-order valence-electron chi connectivity index (χ2n) is 7.61. The molecule has 4 rings (SSSR count). The van der Waals surface area contributed by atoms with Crippen LogP contribution in [0.25, 0.3) is 20.7 Å². The van der Waals surface area contributed by atoms with Gasteiger partial charge in [-0.1, -0.05) is 13.8 Å². The summed E-state index contributed by atoms with van der Waals surface area (Å²) >= 11 is 6.99. The third kappa shape index (κ3) is 3.88. The molecule has 4 heterocycles. The number of aromatic nitrogens is 2. The molecule has 1 saturated heterocycles. The zero-order valence-electron chi connectivity index (χ0n) is 16.9. The van der Waals surface area contributed by atoms with Crippen LogP contribution in [0.5, 0.6) is 0 Å². The Hall–Kier alpha value is -1.91. The fourth-order valence-electron chi connectivity index (χ4n) is 3.81. The van der Waals surface area contributed by atoms with Crippen molar-refractivity contribution in [1.82, 2.24) is 20.2 Å². The van der Waals surface area contributed by atoms with Gasteiger partial charge in [0, 0.05) is 33.5 Å². The number of alkyl carbamates (subject to hydrolysis) is 1. The molecule has 1 aliphatic rings. The molecule has 7 nitrogen and oxygen atoms in total. The number of ether oxygens (including phenoxy) is 1. The minimum absolute atomic E-state index is 0.0543. The first-order valence-electron chi connectivity index (χ1n) is 9.75. The number of nitrogens with zero attached hydrogens (tertiary/aromatic N) is 2. The number of rotatable bonds is 5. The van der Waals surface area contributed by atoms with Crippen LogP contribution in [-0.2, 0) is 9.53 Å². The van der Waals surface area contributed by atoms with Crippen LogP contribution < -0.4 is 5.32 Å². The highest BCUT2D eigenvalue weighted by Gasteiger charge is 2.37. The van der Waals surface area contributed by atoms with E-state index in [0.29, 0.717) is 6.54 Å². The number of nitrogens with one attached hydrogen (secondary N) is 2. The van der Waals surface area contributed by atoms with Gasteiger partial charge in [0.05, 0.1) is 28.2 Å². The average molecular weight is 511 g/mol. The van der Waals surface area contributed by atoms with Crippen molar-refractivity contribution in [2.45, 2.75) is 38.8 Å². The predicted octanol–water partition coefficient (Wildman–Crippen LogP) is 5.16. The molecule has 160 valence electrons. The van der Waals surface area contributed by atoms with E-state index in [1.165, 1.54) is 16.5 Å². The molecule has 0 aliphatic carbocycles. The van der Waals surface area contributed by atoms with Crippen LogP contribution in [0.3, 0.4) is 0 Å². The second kappa shape index (κ2) is 8.68. The monoisotopic (exact) mass is 510 g/mol. The number of fused-ring (bicyclic) bond motifs is 1. The molecule has 2 N–H and O–H groups in total. The Bertz CT molecular complexity index is 1070. The van der Waals surface area contributed by atoms with E-state index in [1.54, 1.807) is 22.7 Å². The number of hydrogen-bond acceptors (Lipinski definition) is 6. The summed E-state index contributed by atoms with van der Waals surface area (Å²) in [6.45, 7) is 4.47. The van der Waals surface area contributed by atoms with Crippen molar-refractivity contribution >= 4 is 60.0 Å². The number of methoxy groups -OCH3 is 1. The molecule has 0 saturated carbocycles. The Balaban J connectivity index is 1.58. The molecule has 0 radical (unpaired) electrons. The van der Waals surface area contributed by atoms with Gasteiger partial charge in [-0.15, -0.1) is 22.7 Å². The zero-order chi connectivity index (χ0) is 21.4. The van der Waals surface area contributed by atoms with E-state index in [1.807, 2.05) is 24.9 Å². The average Bonchev–Trinajstić information content (AvgIpc) is 3.49. The van der Waals surface area contributed by atoms with Crippen LogP contribution in [0.1, 0.15) is 38.6 Å². The number of amides is 2. The van der Waals surface area contributed by atoms with Crippen LogP contribution in [-0.4, -0.2) is 46.6 Å². The van der Waals surface area contributed by atoms with E-state index in [2.05, 4.69) is 37.0 Å². The molecule has 1 aliphatic heterocycles. The first-order chi connectivity index (χ1) is 14.4. The van der Waals surface area contributed by atoms with E-state index >= 15 is 0 Å². The van der Waals surface area contributed by atoms with Crippen molar-refractivity contribution in [3.05, 3.63) is 27.3 Å². The van der Waals surface area contributed by atoms with Gasteiger partial charge in [0.25, 0.3) is 0 Å². The number of hydrogen-bond donors (Lipinski definition) is 2. The fraction of sp³-hybridized carbons (Fsp3) is 0.450. The lowest BCUT2D eigenvalue weighted by atomic mass is 10.0. The summed E-state index contributed by atoms with van der Waals surface area (Å²) in [6, 6.07) is -0.761. The number of imidazole rings is 1. The summed E-state index contributed by atoms with van der Waals surface area (Å²) in [5.41, 5.74) is 1.99. The van der Waals surface area contributed by atoms with Crippen molar-refractivity contribution in [3.63, 3.8) is 0 Å². The Kier molecular flexibility index (Phi) is 6.17. The summed E-state index contributed by atoms with van der Waals surface area (Å²) in [7, 11) is 1.30. The maximum atomic E-state index is 13.2. The van der Waals surface area contributed by atoms with Gasteiger partial charge in [-0.05, 0) is 34.7 Å². The maximum Gasteiger partial charge on any atom is 0.407 e. The lowest BCUT2D eigenvalue weighted by Gasteiger charge is -2.29. The number of carbonyl (C=O) groups excluding carboxylic acids is 2. The minimum Gasteiger partial charge on any atom is -0.453 e. The van der Waals surface area contributed by atoms with Crippen molar-refractivity contribution in [1.29, 1.82) is 0 Å². The standard InChI is InChI=1S/C20H23BrN4O3S2/c1-10(2)15(24-20(27)28-3)19(26)25-6-4-5-14(25)18-22-7-13(23-18)11-8-29-17-12(21)9-30-16(11)17/h7-10,14-15H,4-6H2,1-3H3,(H,22,23)(H,24,27)/t14?,15-/m0/s1. The third-order valence-electron chi connectivity index (χ3n) is 5.36. The summed E-state index contributed by atoms with van der Waals surface area (Å²) in [5, 5.41) is 6.90. The summed E-state index contributed by atoms with van der Waals surface area (Å²) in [6.07, 6.45) is 3.06. The molecule has 3 aromatic rings. The summed E-state index contributed by atoms with van der Waals surface area (Å²) in [4.78, 5) is 34.9. The first kappa shape index (κ1) is 21.3. The topological polar surface area (TPSA) is 87.3 Å².